The van der Waals surface area contributed by atoms with Crippen LogP contribution in [0.5, 0.6) is 11.5 Å². The number of nitrogens with zero attached hydrogens (tertiary/aromatic N) is 1. The number of hydrogen-bond donors (Lipinski definition) is 1. The Kier molecular flexibility index (Phi) is 7.18. The van der Waals surface area contributed by atoms with E-state index in [9.17, 15) is 4.79 Å². The number of likely N-dealkylation sites (tertiary alicyclic amines) is 1. The van der Waals surface area contributed by atoms with Crippen molar-refractivity contribution in [2.45, 2.75) is 38.4 Å². The Bertz CT molecular complexity index is 756. The van der Waals surface area contributed by atoms with Crippen LogP contribution in [-0.4, -0.2) is 43.2 Å². The number of benzene rings is 2. The van der Waals surface area contributed by atoms with E-state index >= 15 is 0 Å². The molecular formula is C22H27ClN2O3. The van der Waals surface area contributed by atoms with E-state index in [4.69, 9.17) is 21.1 Å². The van der Waals surface area contributed by atoms with Crippen molar-refractivity contribution in [1.82, 2.24) is 4.90 Å². The molecule has 1 amide bonds. The van der Waals surface area contributed by atoms with Gasteiger partial charge in [-0.15, -0.1) is 0 Å². The molecule has 1 saturated heterocycles. The number of piperidine rings is 1. The third-order valence-corrected chi connectivity index (χ3v) is 5.10. The van der Waals surface area contributed by atoms with Gasteiger partial charge in [-0.05, 0) is 74.8 Å². The molecule has 150 valence electrons. The van der Waals surface area contributed by atoms with Crippen LogP contribution in [0.4, 0.5) is 5.69 Å². The van der Waals surface area contributed by atoms with Gasteiger partial charge in [-0.25, -0.2) is 0 Å². The SMILES string of the molecule is CC[C@H](Oc1ccc(Cl)cc1)C(=O)Nc1ccc(OC2CCN(C)CC2)cc1. The van der Waals surface area contributed by atoms with Crippen molar-refractivity contribution in [3.05, 3.63) is 53.6 Å². The third-order valence-electron chi connectivity index (χ3n) is 4.85. The van der Waals surface area contributed by atoms with E-state index in [0.717, 1.165) is 37.4 Å². The van der Waals surface area contributed by atoms with Gasteiger partial charge in [0.2, 0.25) is 0 Å². The number of nitrogens with one attached hydrogen (secondary N) is 1. The lowest BCUT2D eigenvalue weighted by molar-refractivity contribution is -0.122. The molecule has 1 aliphatic heterocycles. The summed E-state index contributed by atoms with van der Waals surface area (Å²) < 4.78 is 11.8. The third kappa shape index (κ3) is 5.88. The second-order valence-electron chi connectivity index (χ2n) is 7.10. The highest BCUT2D eigenvalue weighted by atomic mass is 35.5. The van der Waals surface area contributed by atoms with Crippen LogP contribution >= 0.6 is 11.6 Å². The van der Waals surface area contributed by atoms with Gasteiger partial charge in [-0.2, -0.15) is 0 Å². The Hall–Kier alpha value is -2.24. The number of hydrogen-bond acceptors (Lipinski definition) is 4. The molecular weight excluding hydrogens is 376 g/mol. The number of anilines is 1. The zero-order valence-electron chi connectivity index (χ0n) is 16.4. The van der Waals surface area contributed by atoms with Crippen molar-refractivity contribution in [2.75, 3.05) is 25.5 Å². The van der Waals surface area contributed by atoms with E-state index in [1.54, 1.807) is 24.3 Å². The summed E-state index contributed by atoms with van der Waals surface area (Å²) in [5, 5.41) is 3.54. The standard InChI is InChI=1S/C22H27ClN2O3/c1-3-21(28-19-8-4-16(23)5-9-19)22(26)24-17-6-10-18(11-7-17)27-20-12-14-25(2)15-13-20/h4-11,20-21H,3,12-15H2,1-2H3,(H,24,26)/t21-/m0/s1. The number of amides is 1. The van der Waals surface area contributed by atoms with Gasteiger partial charge in [-0.3, -0.25) is 4.79 Å². The van der Waals surface area contributed by atoms with Crippen LogP contribution in [0.15, 0.2) is 48.5 Å². The van der Waals surface area contributed by atoms with Crippen molar-refractivity contribution in [3.8, 4) is 11.5 Å². The van der Waals surface area contributed by atoms with E-state index in [2.05, 4.69) is 17.3 Å². The average molecular weight is 403 g/mol. The Morgan fingerprint density at radius 1 is 1.11 bits per heavy atom. The van der Waals surface area contributed by atoms with Gasteiger partial charge in [0, 0.05) is 23.8 Å². The van der Waals surface area contributed by atoms with Gasteiger partial charge in [0.05, 0.1) is 0 Å². The normalized spacial score (nSPS) is 16.4. The van der Waals surface area contributed by atoms with E-state index < -0.39 is 6.10 Å². The first-order chi connectivity index (χ1) is 13.5. The fourth-order valence-corrected chi connectivity index (χ4v) is 3.26. The van der Waals surface area contributed by atoms with Crippen molar-refractivity contribution in [1.29, 1.82) is 0 Å². The Morgan fingerprint density at radius 3 is 2.32 bits per heavy atom. The first kappa shape index (κ1) is 20.5. The molecule has 0 spiro atoms. The number of carbonyl (C=O) groups excluding carboxylic acids is 1. The summed E-state index contributed by atoms with van der Waals surface area (Å²) in [7, 11) is 2.13. The fraction of sp³-hybridized carbons (Fsp3) is 0.409. The van der Waals surface area contributed by atoms with E-state index in [0.29, 0.717) is 17.2 Å². The van der Waals surface area contributed by atoms with Gasteiger partial charge >= 0.3 is 0 Å². The minimum atomic E-state index is -0.573. The lowest BCUT2D eigenvalue weighted by Crippen LogP contribution is -2.35. The summed E-state index contributed by atoms with van der Waals surface area (Å²) in [6, 6.07) is 14.5. The molecule has 0 bridgehead atoms. The molecule has 1 aliphatic rings. The molecule has 5 nitrogen and oxygen atoms in total. The van der Waals surface area contributed by atoms with Gasteiger partial charge in [0.25, 0.3) is 5.91 Å². The van der Waals surface area contributed by atoms with E-state index in [1.807, 2.05) is 31.2 Å². The molecule has 1 atom stereocenters. The van der Waals surface area contributed by atoms with Crippen molar-refractivity contribution < 1.29 is 14.3 Å². The fourth-order valence-electron chi connectivity index (χ4n) is 3.13. The molecule has 3 rings (SSSR count). The second-order valence-corrected chi connectivity index (χ2v) is 7.54. The maximum atomic E-state index is 12.5. The van der Waals surface area contributed by atoms with Gasteiger partial charge in [0.1, 0.15) is 17.6 Å². The van der Waals surface area contributed by atoms with Crippen LogP contribution in [0, 0.1) is 0 Å². The number of carbonyl (C=O) groups is 1. The lowest BCUT2D eigenvalue weighted by Gasteiger charge is -2.29. The molecule has 0 unspecified atom stereocenters. The quantitative estimate of drug-likeness (QED) is 0.734. The van der Waals surface area contributed by atoms with Crippen LogP contribution in [0.2, 0.25) is 5.02 Å². The number of halogens is 1. The molecule has 28 heavy (non-hydrogen) atoms. The maximum Gasteiger partial charge on any atom is 0.265 e. The highest BCUT2D eigenvalue weighted by Gasteiger charge is 2.20. The first-order valence-corrected chi connectivity index (χ1v) is 10.1. The minimum Gasteiger partial charge on any atom is -0.490 e. The molecule has 1 heterocycles. The molecule has 1 N–H and O–H groups in total. The van der Waals surface area contributed by atoms with Crippen molar-refractivity contribution in [3.63, 3.8) is 0 Å². The van der Waals surface area contributed by atoms with Crippen molar-refractivity contribution >= 4 is 23.2 Å². The molecule has 0 aliphatic carbocycles. The predicted octanol–water partition coefficient (Wildman–Crippen LogP) is 4.61. The summed E-state index contributed by atoms with van der Waals surface area (Å²) in [4.78, 5) is 14.9. The summed E-state index contributed by atoms with van der Waals surface area (Å²) in [5.41, 5.74) is 0.721. The molecule has 0 saturated carbocycles. The molecule has 2 aromatic rings. The topological polar surface area (TPSA) is 50.8 Å². The van der Waals surface area contributed by atoms with Crippen LogP contribution in [-0.2, 0) is 4.79 Å². The minimum absolute atomic E-state index is 0.179. The highest BCUT2D eigenvalue weighted by molar-refractivity contribution is 6.30. The van der Waals surface area contributed by atoms with Crippen molar-refractivity contribution in [2.24, 2.45) is 0 Å². The monoisotopic (exact) mass is 402 g/mol. The van der Waals surface area contributed by atoms with Gasteiger partial charge in [0.15, 0.2) is 6.10 Å². The van der Waals surface area contributed by atoms with Crippen LogP contribution in [0.3, 0.4) is 0 Å². The summed E-state index contributed by atoms with van der Waals surface area (Å²) in [5.74, 6) is 1.27. The smallest absolute Gasteiger partial charge is 0.265 e. The Balaban J connectivity index is 1.53. The number of rotatable bonds is 7. The summed E-state index contributed by atoms with van der Waals surface area (Å²) >= 11 is 5.89. The Morgan fingerprint density at radius 2 is 1.71 bits per heavy atom. The zero-order valence-corrected chi connectivity index (χ0v) is 17.1. The van der Waals surface area contributed by atoms with E-state index in [1.165, 1.54) is 0 Å². The summed E-state index contributed by atoms with van der Waals surface area (Å²) in [6.07, 6.45) is 2.32. The molecule has 1 fully saturated rings. The van der Waals surface area contributed by atoms with Crippen LogP contribution in [0.1, 0.15) is 26.2 Å². The van der Waals surface area contributed by atoms with Crippen LogP contribution < -0.4 is 14.8 Å². The summed E-state index contributed by atoms with van der Waals surface area (Å²) in [6.45, 7) is 4.04. The number of ether oxygens (including phenoxy) is 2. The largest absolute Gasteiger partial charge is 0.490 e. The second kappa shape index (κ2) is 9.80. The van der Waals surface area contributed by atoms with Crippen LogP contribution in [0.25, 0.3) is 0 Å². The average Bonchev–Trinajstić information content (AvgIpc) is 2.70. The zero-order chi connectivity index (χ0) is 19.9. The first-order valence-electron chi connectivity index (χ1n) is 9.72. The molecule has 0 aromatic heterocycles. The molecule has 0 radical (unpaired) electrons. The lowest BCUT2D eigenvalue weighted by atomic mass is 10.1. The highest BCUT2D eigenvalue weighted by Crippen LogP contribution is 2.22. The van der Waals surface area contributed by atoms with E-state index in [-0.39, 0.29) is 12.0 Å². The predicted molar refractivity (Wildman–Crippen MR) is 112 cm³/mol. The van der Waals surface area contributed by atoms with Gasteiger partial charge < -0.3 is 19.7 Å². The molecule has 2 aromatic carbocycles. The van der Waals surface area contributed by atoms with Gasteiger partial charge in [-0.1, -0.05) is 18.5 Å². The Labute approximate surface area is 171 Å². The maximum absolute atomic E-state index is 12.5. The molecule has 6 heteroatoms.